The Morgan fingerprint density at radius 1 is 1.50 bits per heavy atom. The van der Waals surface area contributed by atoms with Crippen molar-refractivity contribution < 1.29 is 4.79 Å². The molecule has 0 saturated heterocycles. The molecule has 3 atom stereocenters. The number of rotatable bonds is 4. The lowest BCUT2D eigenvalue weighted by molar-refractivity contribution is -0.129. The summed E-state index contributed by atoms with van der Waals surface area (Å²) in [7, 11) is 0. The van der Waals surface area contributed by atoms with Gasteiger partial charge in [-0.2, -0.15) is 0 Å². The summed E-state index contributed by atoms with van der Waals surface area (Å²) in [5.74, 6) is 1.77. The number of allylic oxidation sites excluding steroid dienone is 2. The van der Waals surface area contributed by atoms with E-state index in [1.54, 1.807) is 0 Å². The van der Waals surface area contributed by atoms with Crippen molar-refractivity contribution >= 4 is 5.78 Å². The van der Waals surface area contributed by atoms with Gasteiger partial charge in [-0.1, -0.05) is 32.4 Å². The smallest absolute Gasteiger partial charge is 0.139 e. The first-order chi connectivity index (χ1) is 6.66. The number of carbonyl (C=O) groups is 1. The van der Waals surface area contributed by atoms with Crippen molar-refractivity contribution in [2.24, 2.45) is 17.3 Å². The maximum Gasteiger partial charge on any atom is 0.139 e. The van der Waals surface area contributed by atoms with Crippen molar-refractivity contribution in [1.82, 2.24) is 0 Å². The summed E-state index contributed by atoms with van der Waals surface area (Å²) in [5, 5.41) is 0. The molecule has 1 fully saturated rings. The molecule has 1 nitrogen and oxygen atoms in total. The van der Waals surface area contributed by atoms with E-state index in [0.717, 1.165) is 25.7 Å². The molecule has 78 valence electrons. The predicted molar refractivity (Wildman–Crippen MR) is 58.0 cm³/mol. The molecule has 2 aliphatic rings. The molecule has 0 radical (unpaired) electrons. The molecule has 0 aromatic heterocycles. The van der Waals surface area contributed by atoms with E-state index >= 15 is 0 Å². The standard InChI is InChI=1S/C13H20O/c1-3-4-5-12(14)13(2)9-10-6-7-11(13)8-10/h6-7,10-11H,3-5,8-9H2,1-2H3. The van der Waals surface area contributed by atoms with Crippen molar-refractivity contribution in [3.05, 3.63) is 12.2 Å². The zero-order valence-corrected chi connectivity index (χ0v) is 9.25. The molecule has 0 spiro atoms. The van der Waals surface area contributed by atoms with Crippen LogP contribution in [0.3, 0.4) is 0 Å². The van der Waals surface area contributed by atoms with E-state index in [1.807, 2.05) is 0 Å². The molecule has 2 bridgehead atoms. The molecule has 0 aliphatic heterocycles. The molecule has 0 heterocycles. The predicted octanol–water partition coefficient (Wildman–Crippen LogP) is 3.35. The van der Waals surface area contributed by atoms with E-state index in [4.69, 9.17) is 0 Å². The van der Waals surface area contributed by atoms with Crippen molar-refractivity contribution in [2.75, 3.05) is 0 Å². The Morgan fingerprint density at radius 3 is 2.79 bits per heavy atom. The first-order valence-corrected chi connectivity index (χ1v) is 5.88. The average molecular weight is 192 g/mol. The molecule has 14 heavy (non-hydrogen) atoms. The van der Waals surface area contributed by atoms with Crippen LogP contribution in [0.5, 0.6) is 0 Å². The van der Waals surface area contributed by atoms with Crippen molar-refractivity contribution in [2.45, 2.75) is 46.0 Å². The molecule has 0 amide bonds. The minimum Gasteiger partial charge on any atom is -0.299 e. The Kier molecular flexibility index (Phi) is 2.50. The van der Waals surface area contributed by atoms with E-state index < -0.39 is 0 Å². The number of ketones is 1. The second-order valence-electron chi connectivity index (χ2n) is 5.14. The highest BCUT2D eigenvalue weighted by Gasteiger charge is 2.48. The lowest BCUT2D eigenvalue weighted by Crippen LogP contribution is -2.31. The van der Waals surface area contributed by atoms with E-state index in [9.17, 15) is 4.79 Å². The van der Waals surface area contributed by atoms with Crippen LogP contribution >= 0.6 is 0 Å². The van der Waals surface area contributed by atoms with Gasteiger partial charge in [-0.3, -0.25) is 4.79 Å². The Morgan fingerprint density at radius 2 is 2.29 bits per heavy atom. The summed E-state index contributed by atoms with van der Waals surface area (Å²) < 4.78 is 0. The Labute approximate surface area is 86.6 Å². The lowest BCUT2D eigenvalue weighted by atomic mass is 9.73. The van der Waals surface area contributed by atoms with Crippen LogP contribution in [-0.4, -0.2) is 5.78 Å². The molecule has 0 aromatic carbocycles. The minimum absolute atomic E-state index is 0.00537. The second-order valence-corrected chi connectivity index (χ2v) is 5.14. The van der Waals surface area contributed by atoms with Crippen LogP contribution in [0.15, 0.2) is 12.2 Å². The van der Waals surface area contributed by atoms with E-state index in [-0.39, 0.29) is 5.41 Å². The molecular formula is C13H20O. The molecule has 2 aliphatic carbocycles. The highest BCUT2D eigenvalue weighted by atomic mass is 16.1. The fourth-order valence-corrected chi connectivity index (χ4v) is 3.04. The third-order valence-electron chi connectivity index (χ3n) is 4.07. The van der Waals surface area contributed by atoms with Crippen LogP contribution in [0.1, 0.15) is 46.0 Å². The fourth-order valence-electron chi connectivity index (χ4n) is 3.04. The highest BCUT2D eigenvalue weighted by molar-refractivity contribution is 5.85. The van der Waals surface area contributed by atoms with Crippen molar-refractivity contribution in [1.29, 1.82) is 0 Å². The summed E-state index contributed by atoms with van der Waals surface area (Å²) in [4.78, 5) is 12.1. The quantitative estimate of drug-likeness (QED) is 0.624. The number of hydrogen-bond acceptors (Lipinski definition) is 1. The maximum atomic E-state index is 12.1. The van der Waals surface area contributed by atoms with Gasteiger partial charge in [0.15, 0.2) is 0 Å². The summed E-state index contributed by atoms with van der Waals surface area (Å²) in [6, 6.07) is 0. The van der Waals surface area contributed by atoms with Crippen LogP contribution in [0, 0.1) is 17.3 Å². The van der Waals surface area contributed by atoms with Gasteiger partial charge in [0.1, 0.15) is 5.78 Å². The third-order valence-corrected chi connectivity index (χ3v) is 4.07. The van der Waals surface area contributed by atoms with Crippen LogP contribution in [0.25, 0.3) is 0 Å². The first kappa shape index (κ1) is 9.95. The number of unbranched alkanes of at least 4 members (excludes halogenated alkanes) is 1. The monoisotopic (exact) mass is 192 g/mol. The Hall–Kier alpha value is -0.590. The maximum absolute atomic E-state index is 12.1. The normalized spacial score (nSPS) is 39.3. The highest BCUT2D eigenvalue weighted by Crippen LogP contribution is 2.52. The van der Waals surface area contributed by atoms with Gasteiger partial charge < -0.3 is 0 Å². The largest absolute Gasteiger partial charge is 0.299 e. The zero-order valence-electron chi connectivity index (χ0n) is 9.25. The second kappa shape index (κ2) is 3.52. The molecule has 0 N–H and O–H groups in total. The van der Waals surface area contributed by atoms with E-state index in [2.05, 4.69) is 26.0 Å². The average Bonchev–Trinajstić information content (AvgIpc) is 2.73. The van der Waals surface area contributed by atoms with Crippen LogP contribution in [0.4, 0.5) is 0 Å². The van der Waals surface area contributed by atoms with Gasteiger partial charge in [-0.25, -0.2) is 0 Å². The molecule has 2 rings (SSSR count). The van der Waals surface area contributed by atoms with Gasteiger partial charge in [-0.15, -0.1) is 0 Å². The molecular weight excluding hydrogens is 172 g/mol. The molecule has 0 aromatic rings. The summed E-state index contributed by atoms with van der Waals surface area (Å²) in [5.41, 5.74) is -0.00537. The number of hydrogen-bond donors (Lipinski definition) is 0. The fraction of sp³-hybridized carbons (Fsp3) is 0.769. The van der Waals surface area contributed by atoms with Gasteiger partial charge in [0.25, 0.3) is 0 Å². The molecule has 1 saturated carbocycles. The zero-order chi connectivity index (χ0) is 10.2. The van der Waals surface area contributed by atoms with Crippen LogP contribution in [0.2, 0.25) is 0 Å². The topological polar surface area (TPSA) is 17.1 Å². The van der Waals surface area contributed by atoms with Gasteiger partial charge in [0, 0.05) is 11.8 Å². The summed E-state index contributed by atoms with van der Waals surface area (Å²) in [6.07, 6.45) is 9.91. The first-order valence-electron chi connectivity index (χ1n) is 5.88. The van der Waals surface area contributed by atoms with Crippen LogP contribution < -0.4 is 0 Å². The number of fused-ring (bicyclic) bond motifs is 2. The van der Waals surface area contributed by atoms with Gasteiger partial charge in [0.2, 0.25) is 0 Å². The molecule has 1 heteroatoms. The van der Waals surface area contributed by atoms with E-state index in [0.29, 0.717) is 17.6 Å². The minimum atomic E-state index is -0.00537. The van der Waals surface area contributed by atoms with Crippen molar-refractivity contribution in [3.63, 3.8) is 0 Å². The van der Waals surface area contributed by atoms with Crippen LogP contribution in [-0.2, 0) is 4.79 Å². The third kappa shape index (κ3) is 1.43. The Bertz CT molecular complexity index is 266. The van der Waals surface area contributed by atoms with Gasteiger partial charge in [-0.05, 0) is 31.1 Å². The number of carbonyl (C=O) groups excluding carboxylic acids is 1. The Balaban J connectivity index is 2.03. The van der Waals surface area contributed by atoms with Crippen molar-refractivity contribution in [3.8, 4) is 0 Å². The number of Topliss-reactive ketones (excluding diaryl/α,β-unsaturated/α-hetero) is 1. The summed E-state index contributed by atoms with van der Waals surface area (Å²) >= 11 is 0. The lowest BCUT2D eigenvalue weighted by Gasteiger charge is -2.29. The molecule has 3 unspecified atom stereocenters. The SMILES string of the molecule is CCCCC(=O)C1(C)CC2C=CC1C2. The van der Waals surface area contributed by atoms with Gasteiger partial charge >= 0.3 is 0 Å². The summed E-state index contributed by atoms with van der Waals surface area (Å²) in [6.45, 7) is 4.33. The van der Waals surface area contributed by atoms with Gasteiger partial charge in [0.05, 0.1) is 0 Å². The van der Waals surface area contributed by atoms with E-state index in [1.165, 1.54) is 6.42 Å².